The SMILES string of the molecule is CC(CCCC(=O)O)NS(=O)(=O)CCc1ccccn1. The van der Waals surface area contributed by atoms with Gasteiger partial charge in [-0.2, -0.15) is 0 Å². The molecule has 0 fully saturated rings. The Bertz CT molecular complexity index is 516. The molecular weight excluding hydrogens is 280 g/mol. The third-order valence-electron chi connectivity index (χ3n) is 2.76. The van der Waals surface area contributed by atoms with Gasteiger partial charge in [-0.15, -0.1) is 0 Å². The highest BCUT2D eigenvalue weighted by atomic mass is 32.2. The van der Waals surface area contributed by atoms with Gasteiger partial charge < -0.3 is 5.11 Å². The molecule has 1 aromatic heterocycles. The van der Waals surface area contributed by atoms with Crippen molar-refractivity contribution >= 4 is 16.0 Å². The number of nitrogens with zero attached hydrogens (tertiary/aromatic N) is 1. The number of aryl methyl sites for hydroxylation is 1. The van der Waals surface area contributed by atoms with Crippen LogP contribution in [0.5, 0.6) is 0 Å². The van der Waals surface area contributed by atoms with Gasteiger partial charge >= 0.3 is 5.97 Å². The van der Waals surface area contributed by atoms with Crippen LogP contribution in [-0.4, -0.2) is 36.3 Å². The van der Waals surface area contributed by atoms with Crippen LogP contribution in [0.2, 0.25) is 0 Å². The monoisotopic (exact) mass is 300 g/mol. The van der Waals surface area contributed by atoms with Crippen molar-refractivity contribution in [1.29, 1.82) is 0 Å². The van der Waals surface area contributed by atoms with E-state index in [1.807, 2.05) is 6.07 Å². The maximum atomic E-state index is 11.9. The van der Waals surface area contributed by atoms with Crippen molar-refractivity contribution in [3.63, 3.8) is 0 Å². The van der Waals surface area contributed by atoms with Crippen molar-refractivity contribution in [2.24, 2.45) is 0 Å². The predicted octanol–water partition coefficient (Wildman–Crippen LogP) is 1.19. The van der Waals surface area contributed by atoms with Crippen LogP contribution in [0.25, 0.3) is 0 Å². The second kappa shape index (κ2) is 7.96. The zero-order valence-corrected chi connectivity index (χ0v) is 12.3. The third-order valence-corrected chi connectivity index (χ3v) is 4.26. The standard InChI is InChI=1S/C13H20N2O4S/c1-11(5-4-7-13(16)17)15-20(18,19)10-8-12-6-2-3-9-14-12/h2-3,6,9,11,15H,4-5,7-8,10H2,1H3,(H,16,17). The first kappa shape index (κ1) is 16.6. The Kier molecular flexibility index (Phi) is 6.60. The first-order valence-electron chi connectivity index (χ1n) is 6.51. The minimum atomic E-state index is -3.37. The molecule has 0 radical (unpaired) electrons. The molecule has 0 bridgehead atoms. The Morgan fingerprint density at radius 2 is 2.20 bits per heavy atom. The summed E-state index contributed by atoms with van der Waals surface area (Å²) in [5, 5.41) is 8.52. The fourth-order valence-electron chi connectivity index (χ4n) is 1.77. The average molecular weight is 300 g/mol. The van der Waals surface area contributed by atoms with Gasteiger partial charge in [0, 0.05) is 30.8 Å². The Balaban J connectivity index is 2.35. The van der Waals surface area contributed by atoms with E-state index in [-0.39, 0.29) is 18.2 Å². The van der Waals surface area contributed by atoms with E-state index < -0.39 is 16.0 Å². The first-order valence-corrected chi connectivity index (χ1v) is 8.16. The number of nitrogens with one attached hydrogen (secondary N) is 1. The molecule has 0 saturated carbocycles. The van der Waals surface area contributed by atoms with Crippen molar-refractivity contribution in [1.82, 2.24) is 9.71 Å². The number of carboxylic acids is 1. The lowest BCUT2D eigenvalue weighted by Crippen LogP contribution is -2.35. The van der Waals surface area contributed by atoms with Crippen LogP contribution in [-0.2, 0) is 21.2 Å². The van der Waals surface area contributed by atoms with Gasteiger partial charge in [-0.05, 0) is 31.9 Å². The van der Waals surface area contributed by atoms with Crippen LogP contribution < -0.4 is 4.72 Å². The summed E-state index contributed by atoms with van der Waals surface area (Å²) < 4.78 is 26.3. The molecule has 1 unspecified atom stereocenters. The van der Waals surface area contributed by atoms with Crippen LogP contribution in [0.4, 0.5) is 0 Å². The number of rotatable bonds is 9. The smallest absolute Gasteiger partial charge is 0.303 e. The van der Waals surface area contributed by atoms with Gasteiger partial charge in [-0.25, -0.2) is 13.1 Å². The summed E-state index contributed by atoms with van der Waals surface area (Å²) in [4.78, 5) is 14.5. The molecule has 6 nitrogen and oxygen atoms in total. The van der Waals surface area contributed by atoms with Gasteiger partial charge in [-0.1, -0.05) is 6.07 Å². The fourth-order valence-corrected chi connectivity index (χ4v) is 3.10. The second-order valence-corrected chi connectivity index (χ2v) is 6.57. The van der Waals surface area contributed by atoms with Gasteiger partial charge in [0.15, 0.2) is 0 Å². The number of carbonyl (C=O) groups is 1. The Morgan fingerprint density at radius 3 is 2.80 bits per heavy atom. The zero-order valence-electron chi connectivity index (χ0n) is 11.4. The van der Waals surface area contributed by atoms with Crippen molar-refractivity contribution in [3.8, 4) is 0 Å². The minimum absolute atomic E-state index is 0.0206. The van der Waals surface area contributed by atoms with E-state index in [0.29, 0.717) is 19.3 Å². The molecule has 1 rings (SSSR count). The number of aromatic nitrogens is 1. The summed E-state index contributed by atoms with van der Waals surface area (Å²) in [6.07, 6.45) is 3.01. The van der Waals surface area contributed by atoms with E-state index in [4.69, 9.17) is 5.11 Å². The molecule has 112 valence electrons. The number of hydrogen-bond donors (Lipinski definition) is 2. The maximum absolute atomic E-state index is 11.9. The molecule has 0 aliphatic heterocycles. The van der Waals surface area contributed by atoms with Gasteiger partial charge in [0.25, 0.3) is 0 Å². The molecule has 0 amide bonds. The van der Waals surface area contributed by atoms with E-state index >= 15 is 0 Å². The van der Waals surface area contributed by atoms with Crippen LogP contribution in [0.15, 0.2) is 24.4 Å². The molecule has 1 aromatic rings. The zero-order chi connectivity index (χ0) is 15.0. The number of hydrogen-bond acceptors (Lipinski definition) is 4. The molecule has 0 aliphatic rings. The molecule has 0 aromatic carbocycles. The molecule has 0 aliphatic carbocycles. The van der Waals surface area contributed by atoms with Gasteiger partial charge in [0.1, 0.15) is 0 Å². The molecule has 0 spiro atoms. The van der Waals surface area contributed by atoms with Crippen LogP contribution in [0.1, 0.15) is 31.9 Å². The van der Waals surface area contributed by atoms with E-state index in [1.54, 1.807) is 25.3 Å². The second-order valence-electron chi connectivity index (χ2n) is 4.69. The molecule has 2 N–H and O–H groups in total. The van der Waals surface area contributed by atoms with E-state index in [2.05, 4.69) is 9.71 Å². The van der Waals surface area contributed by atoms with Gasteiger partial charge in [0.05, 0.1) is 5.75 Å². The molecular formula is C13H20N2O4S. The van der Waals surface area contributed by atoms with Crippen LogP contribution >= 0.6 is 0 Å². The lowest BCUT2D eigenvalue weighted by molar-refractivity contribution is -0.137. The number of carboxylic acid groups (broad SMARTS) is 1. The van der Waals surface area contributed by atoms with Gasteiger partial charge in [0.2, 0.25) is 10.0 Å². The lowest BCUT2D eigenvalue weighted by Gasteiger charge is -2.13. The molecule has 20 heavy (non-hydrogen) atoms. The van der Waals surface area contributed by atoms with E-state index in [1.165, 1.54) is 0 Å². The molecule has 7 heteroatoms. The molecule has 0 saturated heterocycles. The van der Waals surface area contributed by atoms with Crippen LogP contribution in [0.3, 0.4) is 0 Å². The number of sulfonamides is 1. The van der Waals surface area contributed by atoms with Crippen LogP contribution in [0, 0.1) is 0 Å². The average Bonchev–Trinajstić information content (AvgIpc) is 2.37. The predicted molar refractivity (Wildman–Crippen MR) is 75.8 cm³/mol. The van der Waals surface area contributed by atoms with E-state index in [9.17, 15) is 13.2 Å². The Labute approximate surface area is 119 Å². The van der Waals surface area contributed by atoms with E-state index in [0.717, 1.165) is 5.69 Å². The Hall–Kier alpha value is -1.47. The summed E-state index contributed by atoms with van der Waals surface area (Å²) in [5.74, 6) is -0.886. The summed E-state index contributed by atoms with van der Waals surface area (Å²) in [6.45, 7) is 1.74. The molecule has 1 atom stereocenters. The topological polar surface area (TPSA) is 96.4 Å². The normalized spacial score (nSPS) is 13.1. The lowest BCUT2D eigenvalue weighted by atomic mass is 10.1. The first-order chi connectivity index (χ1) is 9.39. The highest BCUT2D eigenvalue weighted by Gasteiger charge is 2.15. The number of pyridine rings is 1. The summed E-state index contributed by atoms with van der Waals surface area (Å²) >= 11 is 0. The maximum Gasteiger partial charge on any atom is 0.303 e. The Morgan fingerprint density at radius 1 is 1.45 bits per heavy atom. The highest BCUT2D eigenvalue weighted by Crippen LogP contribution is 2.04. The van der Waals surface area contributed by atoms with Crippen molar-refractivity contribution < 1.29 is 18.3 Å². The van der Waals surface area contributed by atoms with Crippen molar-refractivity contribution in [2.45, 2.75) is 38.6 Å². The van der Waals surface area contributed by atoms with Crippen molar-refractivity contribution in [2.75, 3.05) is 5.75 Å². The number of aliphatic carboxylic acids is 1. The van der Waals surface area contributed by atoms with Crippen molar-refractivity contribution in [3.05, 3.63) is 30.1 Å². The van der Waals surface area contributed by atoms with Gasteiger partial charge in [-0.3, -0.25) is 9.78 Å². The third kappa shape index (κ3) is 7.20. The fraction of sp³-hybridized carbons (Fsp3) is 0.538. The quantitative estimate of drug-likeness (QED) is 0.714. The minimum Gasteiger partial charge on any atom is -0.481 e. The summed E-state index contributed by atoms with van der Waals surface area (Å²) in [6, 6.07) is 5.12. The largest absolute Gasteiger partial charge is 0.481 e. The summed E-state index contributed by atoms with van der Waals surface area (Å²) in [7, 11) is -3.37. The molecule has 1 heterocycles. The highest BCUT2D eigenvalue weighted by molar-refractivity contribution is 7.89. The summed E-state index contributed by atoms with van der Waals surface area (Å²) in [5.41, 5.74) is 0.733.